The smallest absolute Gasteiger partial charge is 0.00673 e. The Hall–Kier alpha value is -0.0800. The highest BCUT2D eigenvalue weighted by Gasteiger charge is 2.30. The Kier molecular flexibility index (Phi) is 5.30. The van der Waals surface area contributed by atoms with E-state index in [0.717, 1.165) is 6.04 Å². The molecule has 2 N–H and O–H groups in total. The first-order valence-corrected chi connectivity index (χ1v) is 7.79. The van der Waals surface area contributed by atoms with Gasteiger partial charge in [0.1, 0.15) is 0 Å². The summed E-state index contributed by atoms with van der Waals surface area (Å²) in [5.41, 5.74) is 0.546. The second-order valence-corrected chi connectivity index (χ2v) is 6.20. The highest BCUT2D eigenvalue weighted by Crippen LogP contribution is 2.29. The minimum absolute atomic E-state index is 0.546. The molecule has 1 aliphatic heterocycles. The van der Waals surface area contributed by atoms with E-state index in [-0.39, 0.29) is 0 Å². The van der Waals surface area contributed by atoms with Crippen LogP contribution in [0.15, 0.2) is 0 Å². The van der Waals surface area contributed by atoms with Crippen LogP contribution >= 0.6 is 0 Å². The molecule has 17 heavy (non-hydrogen) atoms. The lowest BCUT2D eigenvalue weighted by Gasteiger charge is -2.38. The molecule has 2 fully saturated rings. The Balaban J connectivity index is 1.77. The van der Waals surface area contributed by atoms with Crippen LogP contribution in [0.5, 0.6) is 0 Å². The van der Waals surface area contributed by atoms with Crippen LogP contribution in [0.1, 0.15) is 64.7 Å². The summed E-state index contributed by atoms with van der Waals surface area (Å²) in [6.07, 6.45) is 12.7. The van der Waals surface area contributed by atoms with E-state index in [1.165, 1.54) is 77.4 Å². The minimum Gasteiger partial charge on any atom is -0.316 e. The van der Waals surface area contributed by atoms with Crippen LogP contribution in [0.4, 0.5) is 0 Å². The van der Waals surface area contributed by atoms with Gasteiger partial charge in [0.15, 0.2) is 0 Å². The van der Waals surface area contributed by atoms with Gasteiger partial charge < -0.3 is 10.6 Å². The predicted molar refractivity (Wildman–Crippen MR) is 74.3 cm³/mol. The molecule has 1 unspecified atom stereocenters. The fraction of sp³-hybridized carbons (Fsp3) is 1.00. The molecule has 1 aliphatic carbocycles. The molecule has 0 bridgehead atoms. The third kappa shape index (κ3) is 3.96. The molecule has 0 radical (unpaired) electrons. The zero-order chi connectivity index (χ0) is 12.0. The maximum absolute atomic E-state index is 3.88. The molecule has 1 saturated heterocycles. The zero-order valence-corrected chi connectivity index (χ0v) is 11.6. The quantitative estimate of drug-likeness (QED) is 0.736. The zero-order valence-electron chi connectivity index (χ0n) is 11.6. The second-order valence-electron chi connectivity index (χ2n) is 6.20. The number of hydrogen-bond acceptors (Lipinski definition) is 2. The summed E-state index contributed by atoms with van der Waals surface area (Å²) in [5, 5.41) is 7.47. The lowest BCUT2D eigenvalue weighted by Crippen LogP contribution is -2.48. The van der Waals surface area contributed by atoms with Crippen molar-refractivity contribution in [2.24, 2.45) is 5.41 Å². The van der Waals surface area contributed by atoms with Crippen LogP contribution in [0.2, 0.25) is 0 Å². The van der Waals surface area contributed by atoms with E-state index in [1.54, 1.807) is 0 Å². The largest absolute Gasteiger partial charge is 0.316 e. The van der Waals surface area contributed by atoms with E-state index < -0.39 is 0 Å². The van der Waals surface area contributed by atoms with Crippen molar-refractivity contribution in [1.29, 1.82) is 0 Å². The standard InChI is InChI=1S/C15H30N2/c1-2-15(10-7-11-16-12-15)13-17-14-8-5-3-4-6-9-14/h14,16-17H,2-13H2,1H3. The maximum Gasteiger partial charge on any atom is 0.00673 e. The molecule has 0 spiro atoms. The number of rotatable bonds is 4. The summed E-state index contributed by atoms with van der Waals surface area (Å²) in [5.74, 6) is 0. The maximum atomic E-state index is 3.88. The minimum atomic E-state index is 0.546. The lowest BCUT2D eigenvalue weighted by atomic mass is 9.78. The number of piperidine rings is 1. The van der Waals surface area contributed by atoms with Gasteiger partial charge in [0.05, 0.1) is 0 Å². The van der Waals surface area contributed by atoms with E-state index in [9.17, 15) is 0 Å². The normalized spacial score (nSPS) is 32.3. The Labute approximate surface area is 107 Å². The first kappa shape index (κ1) is 13.4. The van der Waals surface area contributed by atoms with E-state index >= 15 is 0 Å². The monoisotopic (exact) mass is 238 g/mol. The van der Waals surface area contributed by atoms with Crippen molar-refractivity contribution in [3.05, 3.63) is 0 Å². The third-order valence-corrected chi connectivity index (χ3v) is 4.93. The molecule has 0 aromatic heterocycles. The summed E-state index contributed by atoms with van der Waals surface area (Å²) < 4.78 is 0. The first-order chi connectivity index (χ1) is 8.35. The Morgan fingerprint density at radius 3 is 2.47 bits per heavy atom. The molecule has 2 rings (SSSR count). The molecule has 0 amide bonds. The van der Waals surface area contributed by atoms with Gasteiger partial charge in [0.2, 0.25) is 0 Å². The molecule has 1 atom stereocenters. The fourth-order valence-electron chi connectivity index (χ4n) is 3.45. The summed E-state index contributed by atoms with van der Waals surface area (Å²) >= 11 is 0. The molecule has 2 nitrogen and oxygen atoms in total. The lowest BCUT2D eigenvalue weighted by molar-refractivity contribution is 0.183. The van der Waals surface area contributed by atoms with Crippen LogP contribution in [-0.2, 0) is 0 Å². The van der Waals surface area contributed by atoms with Crippen LogP contribution in [0, 0.1) is 5.41 Å². The van der Waals surface area contributed by atoms with Gasteiger partial charge in [-0.3, -0.25) is 0 Å². The van der Waals surface area contributed by atoms with E-state index in [1.807, 2.05) is 0 Å². The molecule has 2 heteroatoms. The molecule has 0 aromatic carbocycles. The second kappa shape index (κ2) is 6.75. The summed E-state index contributed by atoms with van der Waals surface area (Å²) in [6, 6.07) is 0.808. The van der Waals surface area contributed by atoms with Gasteiger partial charge in [0, 0.05) is 19.1 Å². The van der Waals surface area contributed by atoms with Gasteiger partial charge in [-0.05, 0) is 44.1 Å². The van der Waals surface area contributed by atoms with Crippen molar-refractivity contribution in [2.45, 2.75) is 70.8 Å². The summed E-state index contributed by atoms with van der Waals surface area (Å²) in [4.78, 5) is 0. The Morgan fingerprint density at radius 2 is 1.88 bits per heavy atom. The number of nitrogens with one attached hydrogen (secondary N) is 2. The van der Waals surface area contributed by atoms with Crippen molar-refractivity contribution in [3.8, 4) is 0 Å². The van der Waals surface area contributed by atoms with Crippen LogP contribution in [0.25, 0.3) is 0 Å². The Morgan fingerprint density at radius 1 is 1.12 bits per heavy atom. The van der Waals surface area contributed by atoms with Crippen LogP contribution in [-0.4, -0.2) is 25.7 Å². The fourth-order valence-corrected chi connectivity index (χ4v) is 3.45. The SMILES string of the molecule is CCC1(CNC2CCCCCC2)CCCNC1. The van der Waals surface area contributed by atoms with Gasteiger partial charge in [0.25, 0.3) is 0 Å². The number of hydrogen-bond donors (Lipinski definition) is 2. The van der Waals surface area contributed by atoms with Gasteiger partial charge >= 0.3 is 0 Å². The Bertz CT molecular complexity index is 201. The van der Waals surface area contributed by atoms with Gasteiger partial charge in [-0.25, -0.2) is 0 Å². The molecule has 100 valence electrons. The van der Waals surface area contributed by atoms with Crippen LogP contribution in [0.3, 0.4) is 0 Å². The van der Waals surface area contributed by atoms with Crippen molar-refractivity contribution < 1.29 is 0 Å². The van der Waals surface area contributed by atoms with E-state index in [0.29, 0.717) is 5.41 Å². The van der Waals surface area contributed by atoms with Gasteiger partial charge in [-0.2, -0.15) is 0 Å². The molecule has 1 heterocycles. The van der Waals surface area contributed by atoms with Crippen molar-refractivity contribution in [3.63, 3.8) is 0 Å². The molecule has 1 saturated carbocycles. The highest BCUT2D eigenvalue weighted by atomic mass is 15.0. The highest BCUT2D eigenvalue weighted by molar-refractivity contribution is 4.87. The topological polar surface area (TPSA) is 24.1 Å². The first-order valence-electron chi connectivity index (χ1n) is 7.79. The molecule has 2 aliphatic rings. The summed E-state index contributed by atoms with van der Waals surface area (Å²) in [6.45, 7) is 6.05. The van der Waals surface area contributed by atoms with Gasteiger partial charge in [-0.1, -0.05) is 32.6 Å². The average molecular weight is 238 g/mol. The van der Waals surface area contributed by atoms with E-state index in [4.69, 9.17) is 0 Å². The molecular weight excluding hydrogens is 208 g/mol. The third-order valence-electron chi connectivity index (χ3n) is 4.93. The molecular formula is C15H30N2. The predicted octanol–water partition coefficient (Wildman–Crippen LogP) is 3.08. The van der Waals surface area contributed by atoms with Crippen LogP contribution < -0.4 is 10.6 Å². The van der Waals surface area contributed by atoms with E-state index in [2.05, 4.69) is 17.6 Å². The average Bonchev–Trinajstić information content (AvgIpc) is 2.66. The summed E-state index contributed by atoms with van der Waals surface area (Å²) in [7, 11) is 0. The van der Waals surface area contributed by atoms with Gasteiger partial charge in [-0.15, -0.1) is 0 Å². The van der Waals surface area contributed by atoms with Crippen molar-refractivity contribution >= 4 is 0 Å². The molecule has 0 aromatic rings. The van der Waals surface area contributed by atoms with Crippen molar-refractivity contribution in [2.75, 3.05) is 19.6 Å². The van der Waals surface area contributed by atoms with Crippen molar-refractivity contribution in [1.82, 2.24) is 10.6 Å².